The number of hydrogen-bond acceptors (Lipinski definition) is 5. The van der Waals surface area contributed by atoms with Gasteiger partial charge in [0.05, 0.1) is 17.8 Å². The van der Waals surface area contributed by atoms with Gasteiger partial charge >= 0.3 is 10.2 Å². The van der Waals surface area contributed by atoms with E-state index in [-0.39, 0.29) is 16.9 Å². The first-order valence-electron chi connectivity index (χ1n) is 12.1. The van der Waals surface area contributed by atoms with Crippen molar-refractivity contribution in [3.63, 3.8) is 0 Å². The van der Waals surface area contributed by atoms with Gasteiger partial charge < -0.3 is 9.84 Å². The lowest BCUT2D eigenvalue weighted by molar-refractivity contribution is -0.172. The number of nitrogens with one attached hydrogen (secondary N) is 1. The molecule has 5 saturated carbocycles. The van der Waals surface area contributed by atoms with Gasteiger partial charge in [0.25, 0.3) is 5.91 Å². The maximum Gasteiger partial charge on any atom is 0.304 e. The Morgan fingerprint density at radius 2 is 1.88 bits per heavy atom. The summed E-state index contributed by atoms with van der Waals surface area (Å²) < 4.78 is 48.9. The number of carbonyl (C=O) groups is 1. The predicted molar refractivity (Wildman–Crippen MR) is 119 cm³/mol. The molecule has 7 rings (SSSR count). The van der Waals surface area contributed by atoms with Crippen LogP contribution in [0.1, 0.15) is 79.6 Å². The van der Waals surface area contributed by atoms with Crippen molar-refractivity contribution in [2.75, 3.05) is 19.7 Å². The monoisotopic (exact) mass is 478 g/mol. The third-order valence-corrected chi connectivity index (χ3v) is 9.91. The molecule has 9 heteroatoms. The van der Waals surface area contributed by atoms with Gasteiger partial charge in [0, 0.05) is 24.6 Å². The summed E-state index contributed by atoms with van der Waals surface area (Å²) >= 11 is 0. The topological polar surface area (TPSA) is 95.9 Å². The number of aliphatic hydroxyl groups is 1. The van der Waals surface area contributed by atoms with Gasteiger partial charge in [-0.3, -0.25) is 4.79 Å². The summed E-state index contributed by atoms with van der Waals surface area (Å²) in [5.41, 5.74) is -0.150. The molecule has 1 aromatic rings. The molecule has 6 fully saturated rings. The molecule has 7 nitrogen and oxygen atoms in total. The van der Waals surface area contributed by atoms with E-state index < -0.39 is 27.5 Å². The summed E-state index contributed by atoms with van der Waals surface area (Å²) in [5, 5.41) is 11.0. The minimum Gasteiger partial charge on any atom is -0.493 e. The Balaban J connectivity index is 1.22. The van der Waals surface area contributed by atoms with Crippen LogP contribution in [0.2, 0.25) is 0 Å². The van der Waals surface area contributed by atoms with Crippen LogP contribution >= 0.6 is 0 Å². The number of amides is 1. The fraction of sp³-hybridized carbons (Fsp3) is 0.708. The largest absolute Gasteiger partial charge is 0.493 e. The summed E-state index contributed by atoms with van der Waals surface area (Å²) in [7, 11) is -3.95. The number of halogens is 1. The first-order valence-corrected chi connectivity index (χ1v) is 13.6. The van der Waals surface area contributed by atoms with E-state index in [1.807, 2.05) is 4.72 Å². The maximum absolute atomic E-state index is 15.0. The molecule has 1 saturated heterocycles. The number of hydrogen-bond donors (Lipinski definition) is 2. The van der Waals surface area contributed by atoms with Gasteiger partial charge in [0.2, 0.25) is 0 Å². The molecule has 0 radical (unpaired) electrons. The van der Waals surface area contributed by atoms with E-state index in [0.29, 0.717) is 37.3 Å². The Bertz CT molecular complexity index is 1080. The number of benzene rings is 1. The number of nitrogens with zero attached hydrogens (tertiary/aromatic N) is 1. The molecule has 1 heterocycles. The minimum atomic E-state index is -3.95. The second-order valence-electron chi connectivity index (χ2n) is 11.3. The van der Waals surface area contributed by atoms with Gasteiger partial charge in [0.1, 0.15) is 11.6 Å². The Labute approximate surface area is 193 Å². The third kappa shape index (κ3) is 3.96. The van der Waals surface area contributed by atoms with Gasteiger partial charge in [-0.2, -0.15) is 12.7 Å². The Morgan fingerprint density at radius 1 is 1.18 bits per heavy atom. The van der Waals surface area contributed by atoms with Gasteiger partial charge in [-0.25, -0.2) is 9.11 Å². The normalized spacial score (nSPS) is 35.3. The van der Waals surface area contributed by atoms with Crippen molar-refractivity contribution in [2.24, 2.45) is 17.3 Å². The average Bonchev–Trinajstić information content (AvgIpc) is 3.47. The molecule has 1 amide bonds. The van der Waals surface area contributed by atoms with Crippen LogP contribution in [0.15, 0.2) is 12.1 Å². The van der Waals surface area contributed by atoms with E-state index >= 15 is 0 Å². The second kappa shape index (κ2) is 7.39. The van der Waals surface area contributed by atoms with Gasteiger partial charge in [-0.1, -0.05) is 0 Å². The molecular formula is C24H31FN2O5S. The standard InChI is InChI=1S/C24H31FN2O5S/c25-20-8-21(32-14-23-9-15-6-16(10-23)12-24(29,11-15)13-23)18(17-2-3-17)7-19(20)22(28)26-33(30,31)27-4-1-5-27/h7-8,15-17,29H,1-6,9-14H2,(H,26,28). The molecular weight excluding hydrogens is 447 g/mol. The number of ether oxygens (including phenoxy) is 1. The van der Waals surface area contributed by atoms with Crippen LogP contribution in [0.5, 0.6) is 5.75 Å². The van der Waals surface area contributed by atoms with E-state index in [1.54, 1.807) is 0 Å². The van der Waals surface area contributed by atoms with Gasteiger partial charge in [0.15, 0.2) is 0 Å². The summed E-state index contributed by atoms with van der Waals surface area (Å²) in [6, 6.07) is 2.71. The molecule has 0 spiro atoms. The molecule has 2 atom stereocenters. The molecule has 4 bridgehead atoms. The number of rotatable bonds is 7. The van der Waals surface area contributed by atoms with Crippen LogP contribution < -0.4 is 9.46 Å². The van der Waals surface area contributed by atoms with E-state index in [2.05, 4.69) is 0 Å². The zero-order valence-corrected chi connectivity index (χ0v) is 19.5. The predicted octanol–water partition coefficient (Wildman–Crippen LogP) is 3.09. The van der Waals surface area contributed by atoms with Crippen molar-refractivity contribution in [2.45, 2.75) is 69.3 Å². The highest BCUT2D eigenvalue weighted by atomic mass is 32.2. The van der Waals surface area contributed by atoms with Crippen molar-refractivity contribution in [3.8, 4) is 5.75 Å². The maximum atomic E-state index is 15.0. The molecule has 5 aliphatic carbocycles. The first-order chi connectivity index (χ1) is 15.6. The zero-order chi connectivity index (χ0) is 23.0. The van der Waals surface area contributed by atoms with Crippen LogP contribution in [-0.2, 0) is 10.2 Å². The van der Waals surface area contributed by atoms with Crippen LogP contribution in [0.4, 0.5) is 4.39 Å². The SMILES string of the molecule is O=C(NS(=O)(=O)N1CCC1)c1cc(C2CC2)c(OCC23CC4CC(CC(O)(C4)C2)C3)cc1F. The number of carbonyl (C=O) groups excluding carboxylic acids is 1. The highest BCUT2D eigenvalue weighted by Gasteiger charge is 2.57. The van der Waals surface area contributed by atoms with Crippen molar-refractivity contribution < 1.29 is 27.4 Å². The van der Waals surface area contributed by atoms with Gasteiger partial charge in [-0.15, -0.1) is 0 Å². The van der Waals surface area contributed by atoms with Crippen molar-refractivity contribution >= 4 is 16.1 Å². The molecule has 33 heavy (non-hydrogen) atoms. The summed E-state index contributed by atoms with van der Waals surface area (Å²) in [4.78, 5) is 12.6. The van der Waals surface area contributed by atoms with Gasteiger partial charge in [-0.05, 0) is 87.2 Å². The highest BCUT2D eigenvalue weighted by Crippen LogP contribution is 2.61. The van der Waals surface area contributed by atoms with E-state index in [4.69, 9.17) is 4.74 Å². The quantitative estimate of drug-likeness (QED) is 0.628. The van der Waals surface area contributed by atoms with Crippen LogP contribution in [0.25, 0.3) is 0 Å². The summed E-state index contributed by atoms with van der Waals surface area (Å²) in [6.45, 7) is 1.17. The lowest BCUT2D eigenvalue weighted by Crippen LogP contribution is -2.57. The average molecular weight is 479 g/mol. The van der Waals surface area contributed by atoms with E-state index in [1.165, 1.54) is 22.9 Å². The highest BCUT2D eigenvalue weighted by molar-refractivity contribution is 7.87. The lowest BCUT2D eigenvalue weighted by Gasteiger charge is -2.60. The Morgan fingerprint density at radius 3 is 2.45 bits per heavy atom. The Hall–Kier alpha value is -1.71. The molecule has 1 aliphatic heterocycles. The fourth-order valence-electron chi connectivity index (χ4n) is 7.15. The molecule has 180 valence electrons. The van der Waals surface area contributed by atoms with E-state index in [9.17, 15) is 22.7 Å². The van der Waals surface area contributed by atoms with Crippen LogP contribution in [0.3, 0.4) is 0 Å². The van der Waals surface area contributed by atoms with Crippen molar-refractivity contribution in [1.29, 1.82) is 0 Å². The molecule has 1 aromatic carbocycles. The summed E-state index contributed by atoms with van der Waals surface area (Å²) in [5.74, 6) is -0.0107. The molecule has 6 aliphatic rings. The minimum absolute atomic E-state index is 0.0719. The van der Waals surface area contributed by atoms with Crippen molar-refractivity contribution in [1.82, 2.24) is 9.03 Å². The summed E-state index contributed by atoms with van der Waals surface area (Å²) in [6.07, 6.45) is 8.41. The molecule has 2 unspecified atom stereocenters. The fourth-order valence-corrected chi connectivity index (χ4v) is 8.36. The second-order valence-corrected chi connectivity index (χ2v) is 13.0. The lowest BCUT2D eigenvalue weighted by atomic mass is 9.48. The molecule has 0 aromatic heterocycles. The van der Waals surface area contributed by atoms with Crippen LogP contribution in [0, 0.1) is 23.1 Å². The third-order valence-electron chi connectivity index (χ3n) is 8.42. The molecule has 2 N–H and O–H groups in total. The first kappa shape index (κ1) is 21.8. The zero-order valence-electron chi connectivity index (χ0n) is 18.7. The Kier molecular flexibility index (Phi) is 4.88. The smallest absolute Gasteiger partial charge is 0.304 e. The van der Waals surface area contributed by atoms with Crippen LogP contribution in [-0.4, -0.2) is 49.0 Å². The van der Waals surface area contributed by atoms with E-state index in [0.717, 1.165) is 56.9 Å². The van der Waals surface area contributed by atoms with Crippen molar-refractivity contribution in [3.05, 3.63) is 29.1 Å².